The van der Waals surface area contributed by atoms with Gasteiger partial charge in [-0.05, 0) is 18.6 Å². The Balaban J connectivity index is 1.89. The van der Waals surface area contributed by atoms with Gasteiger partial charge in [-0.25, -0.2) is 18.9 Å². The van der Waals surface area contributed by atoms with Crippen molar-refractivity contribution in [3.05, 3.63) is 41.7 Å². The van der Waals surface area contributed by atoms with Gasteiger partial charge in [0.2, 0.25) is 0 Å². The first kappa shape index (κ1) is 15.6. The topological polar surface area (TPSA) is 66.2 Å². The molecular formula is C16H18FN3O3. The first-order chi connectivity index (χ1) is 11.2. The molecule has 2 heterocycles. The molecule has 1 saturated heterocycles. The molecule has 0 bridgehead atoms. The van der Waals surface area contributed by atoms with E-state index in [0.717, 1.165) is 6.42 Å². The maximum absolute atomic E-state index is 14.0. The zero-order valence-electron chi connectivity index (χ0n) is 12.9. The molecule has 2 aromatic rings. The summed E-state index contributed by atoms with van der Waals surface area (Å²) < 4.78 is 25.9. The maximum atomic E-state index is 14.0. The molecule has 1 aliphatic heterocycles. The number of hydrogen-bond donors (Lipinski definition) is 0. The number of aryl methyl sites for hydroxylation is 1. The Labute approximate surface area is 133 Å². The summed E-state index contributed by atoms with van der Waals surface area (Å²) >= 11 is 0. The van der Waals surface area contributed by atoms with Gasteiger partial charge in [-0.3, -0.25) is 0 Å². The minimum atomic E-state index is -0.604. The van der Waals surface area contributed by atoms with Crippen LogP contribution in [0.5, 0.6) is 0 Å². The number of nitrogens with zero attached hydrogens (tertiary/aromatic N) is 3. The number of carbonyl (C=O) groups is 1. The highest BCUT2D eigenvalue weighted by atomic mass is 19.1. The van der Waals surface area contributed by atoms with E-state index < -0.39 is 11.8 Å². The van der Waals surface area contributed by atoms with E-state index in [4.69, 9.17) is 9.47 Å². The molecule has 0 spiro atoms. The zero-order valence-corrected chi connectivity index (χ0v) is 12.9. The molecule has 0 saturated carbocycles. The third-order valence-electron chi connectivity index (χ3n) is 3.57. The number of halogens is 1. The fourth-order valence-electron chi connectivity index (χ4n) is 2.44. The van der Waals surface area contributed by atoms with Crippen LogP contribution in [-0.4, -0.2) is 40.1 Å². The molecule has 3 rings (SSSR count). The lowest BCUT2D eigenvalue weighted by Gasteiger charge is -2.07. The molecule has 7 heteroatoms. The first-order valence-corrected chi connectivity index (χ1v) is 7.68. The van der Waals surface area contributed by atoms with Crippen LogP contribution in [0.1, 0.15) is 36.2 Å². The summed E-state index contributed by atoms with van der Waals surface area (Å²) in [4.78, 5) is 16.4. The summed E-state index contributed by atoms with van der Waals surface area (Å²) in [5.41, 5.74) is 0.270. The van der Waals surface area contributed by atoms with E-state index in [2.05, 4.69) is 10.1 Å². The lowest BCUT2D eigenvalue weighted by molar-refractivity contribution is 0.0257. The summed E-state index contributed by atoms with van der Waals surface area (Å²) in [7, 11) is 0. The van der Waals surface area contributed by atoms with Gasteiger partial charge < -0.3 is 9.47 Å². The predicted octanol–water partition coefficient (Wildman–Crippen LogP) is 2.30. The van der Waals surface area contributed by atoms with Crippen molar-refractivity contribution < 1.29 is 18.7 Å². The van der Waals surface area contributed by atoms with E-state index in [1.165, 1.54) is 10.7 Å². The van der Waals surface area contributed by atoms with Gasteiger partial charge in [-0.1, -0.05) is 19.1 Å². The standard InChI is InChI=1S/C16H18FN3O3/c1-2-5-14-18-15(16(21)23-11-8-9-22-10-11)19-20(14)13-7-4-3-6-12(13)17/h3-4,6-7,11H,2,5,8-10H2,1H3/t11-/m0/s1. The summed E-state index contributed by atoms with van der Waals surface area (Å²) in [6, 6.07) is 6.26. The van der Waals surface area contributed by atoms with Crippen LogP contribution in [0.15, 0.2) is 24.3 Å². The Hall–Kier alpha value is -2.28. The van der Waals surface area contributed by atoms with Crippen molar-refractivity contribution in [2.75, 3.05) is 13.2 Å². The minimum Gasteiger partial charge on any atom is -0.454 e. The van der Waals surface area contributed by atoms with Crippen molar-refractivity contribution in [1.82, 2.24) is 14.8 Å². The van der Waals surface area contributed by atoms with Crippen LogP contribution in [0, 0.1) is 5.82 Å². The third kappa shape index (κ3) is 3.39. The van der Waals surface area contributed by atoms with Gasteiger partial charge in [0.05, 0.1) is 13.2 Å². The Morgan fingerprint density at radius 3 is 3.00 bits per heavy atom. The Kier molecular flexibility index (Phi) is 4.66. The second kappa shape index (κ2) is 6.87. The van der Waals surface area contributed by atoms with E-state index >= 15 is 0 Å². The van der Waals surface area contributed by atoms with Crippen LogP contribution in [-0.2, 0) is 15.9 Å². The van der Waals surface area contributed by atoms with E-state index in [0.29, 0.717) is 31.9 Å². The first-order valence-electron chi connectivity index (χ1n) is 7.68. The number of aromatic nitrogens is 3. The Morgan fingerprint density at radius 1 is 1.48 bits per heavy atom. The average Bonchev–Trinajstić information content (AvgIpc) is 3.18. The zero-order chi connectivity index (χ0) is 16.2. The second-order valence-electron chi connectivity index (χ2n) is 5.36. The smallest absolute Gasteiger partial charge is 0.378 e. The van der Waals surface area contributed by atoms with Crippen molar-refractivity contribution in [3.63, 3.8) is 0 Å². The molecule has 1 aromatic heterocycles. The lowest BCUT2D eigenvalue weighted by Crippen LogP contribution is -2.19. The molecule has 1 fully saturated rings. The monoisotopic (exact) mass is 319 g/mol. The summed E-state index contributed by atoms with van der Waals surface area (Å²) in [6.07, 6.45) is 1.79. The average molecular weight is 319 g/mol. The van der Waals surface area contributed by atoms with Gasteiger partial charge in [0.1, 0.15) is 23.4 Å². The summed E-state index contributed by atoms with van der Waals surface area (Å²) in [6.45, 7) is 2.95. The molecule has 0 N–H and O–H groups in total. The largest absolute Gasteiger partial charge is 0.454 e. The maximum Gasteiger partial charge on any atom is 0.378 e. The molecule has 1 atom stereocenters. The fraction of sp³-hybridized carbons (Fsp3) is 0.438. The molecular weight excluding hydrogens is 301 g/mol. The number of ether oxygens (including phenoxy) is 2. The number of carbonyl (C=O) groups excluding carboxylic acids is 1. The molecule has 6 nitrogen and oxygen atoms in total. The van der Waals surface area contributed by atoms with Gasteiger partial charge in [-0.2, -0.15) is 0 Å². The van der Waals surface area contributed by atoms with Crippen molar-refractivity contribution in [1.29, 1.82) is 0 Å². The van der Waals surface area contributed by atoms with Gasteiger partial charge in [0.15, 0.2) is 0 Å². The normalized spacial score (nSPS) is 17.4. The lowest BCUT2D eigenvalue weighted by atomic mass is 10.3. The quantitative estimate of drug-likeness (QED) is 0.791. The van der Waals surface area contributed by atoms with Crippen molar-refractivity contribution in [3.8, 4) is 5.69 Å². The summed E-state index contributed by atoms with van der Waals surface area (Å²) in [5, 5.41) is 4.15. The molecule has 23 heavy (non-hydrogen) atoms. The van der Waals surface area contributed by atoms with Gasteiger partial charge in [0, 0.05) is 12.8 Å². The highest BCUT2D eigenvalue weighted by Gasteiger charge is 2.25. The van der Waals surface area contributed by atoms with Crippen molar-refractivity contribution >= 4 is 5.97 Å². The van der Waals surface area contributed by atoms with Crippen LogP contribution in [0.2, 0.25) is 0 Å². The number of esters is 1. The Bertz CT molecular complexity index is 696. The molecule has 0 aliphatic carbocycles. The van der Waals surface area contributed by atoms with Crippen LogP contribution >= 0.6 is 0 Å². The summed E-state index contributed by atoms with van der Waals surface area (Å²) in [5.74, 6) is -0.539. The Morgan fingerprint density at radius 2 is 2.30 bits per heavy atom. The van der Waals surface area contributed by atoms with Gasteiger partial charge >= 0.3 is 5.97 Å². The SMILES string of the molecule is CCCc1nc(C(=O)O[C@H]2CCOC2)nn1-c1ccccc1F. The molecule has 122 valence electrons. The van der Waals surface area contributed by atoms with E-state index in [9.17, 15) is 9.18 Å². The molecule has 0 unspecified atom stereocenters. The van der Waals surface area contributed by atoms with Crippen LogP contribution in [0.25, 0.3) is 5.69 Å². The second-order valence-corrected chi connectivity index (χ2v) is 5.36. The van der Waals surface area contributed by atoms with E-state index in [-0.39, 0.29) is 17.6 Å². The molecule has 0 amide bonds. The van der Waals surface area contributed by atoms with Gasteiger partial charge in [-0.15, -0.1) is 5.10 Å². The minimum absolute atomic E-state index is 0.0522. The van der Waals surface area contributed by atoms with Gasteiger partial charge in [0.25, 0.3) is 5.82 Å². The van der Waals surface area contributed by atoms with Crippen molar-refractivity contribution in [2.45, 2.75) is 32.3 Å². The number of benzene rings is 1. The highest BCUT2D eigenvalue weighted by Crippen LogP contribution is 2.16. The van der Waals surface area contributed by atoms with Crippen LogP contribution < -0.4 is 0 Å². The predicted molar refractivity (Wildman–Crippen MR) is 80.0 cm³/mol. The molecule has 1 aliphatic rings. The van der Waals surface area contributed by atoms with Crippen LogP contribution in [0.4, 0.5) is 4.39 Å². The molecule has 1 aromatic carbocycles. The van der Waals surface area contributed by atoms with E-state index in [1.807, 2.05) is 6.92 Å². The third-order valence-corrected chi connectivity index (χ3v) is 3.57. The molecule has 0 radical (unpaired) electrons. The number of hydrogen-bond acceptors (Lipinski definition) is 5. The highest BCUT2D eigenvalue weighted by molar-refractivity contribution is 5.85. The fourth-order valence-corrected chi connectivity index (χ4v) is 2.44. The van der Waals surface area contributed by atoms with Crippen LogP contribution in [0.3, 0.4) is 0 Å². The van der Waals surface area contributed by atoms with Crippen molar-refractivity contribution in [2.24, 2.45) is 0 Å². The number of rotatable bonds is 5. The number of para-hydroxylation sites is 1. The van der Waals surface area contributed by atoms with E-state index in [1.54, 1.807) is 18.2 Å².